The molecule has 1 heterocycles. The van der Waals surface area contributed by atoms with Crippen LogP contribution in [0.4, 0.5) is 0 Å². The molecule has 2 atom stereocenters. The first-order valence-electron chi connectivity index (χ1n) is 10.3. The average molecular weight is 400 g/mol. The van der Waals surface area contributed by atoms with Crippen molar-refractivity contribution in [3.63, 3.8) is 0 Å². The summed E-state index contributed by atoms with van der Waals surface area (Å²) in [5, 5.41) is 4.48. The van der Waals surface area contributed by atoms with Crippen LogP contribution in [-0.4, -0.2) is 62.2 Å². The summed E-state index contributed by atoms with van der Waals surface area (Å²) in [6.45, 7) is 7.57. The number of likely N-dealkylation sites (N-methyl/N-ethyl adjacent to an activating group) is 1. The van der Waals surface area contributed by atoms with Crippen LogP contribution in [0.15, 0.2) is 48.5 Å². The van der Waals surface area contributed by atoms with Gasteiger partial charge in [0.1, 0.15) is 12.4 Å². The highest BCUT2D eigenvalue weighted by Gasteiger charge is 2.37. The first-order chi connectivity index (χ1) is 13.7. The summed E-state index contributed by atoms with van der Waals surface area (Å²) < 4.78 is 5.89. The lowest BCUT2D eigenvalue weighted by Gasteiger charge is -2.32. The second-order valence-corrected chi connectivity index (χ2v) is 8.47. The molecule has 2 unspecified atom stereocenters. The summed E-state index contributed by atoms with van der Waals surface area (Å²) in [5.74, 6) is 1.55. The van der Waals surface area contributed by atoms with Gasteiger partial charge >= 0.3 is 0 Å². The van der Waals surface area contributed by atoms with Crippen molar-refractivity contribution in [2.45, 2.75) is 25.0 Å². The van der Waals surface area contributed by atoms with Gasteiger partial charge in [0.05, 0.1) is 0 Å². The molecule has 4 nitrogen and oxygen atoms in total. The van der Waals surface area contributed by atoms with E-state index in [-0.39, 0.29) is 0 Å². The van der Waals surface area contributed by atoms with Gasteiger partial charge in [-0.25, -0.2) is 0 Å². The first-order valence-corrected chi connectivity index (χ1v) is 10.7. The van der Waals surface area contributed by atoms with E-state index in [1.54, 1.807) is 0 Å². The van der Waals surface area contributed by atoms with Gasteiger partial charge in [-0.1, -0.05) is 35.9 Å². The molecule has 1 saturated carbocycles. The highest BCUT2D eigenvalue weighted by molar-refractivity contribution is 6.30. The number of nitrogens with zero attached hydrogens (tertiary/aromatic N) is 2. The summed E-state index contributed by atoms with van der Waals surface area (Å²) >= 11 is 6.02. The van der Waals surface area contributed by atoms with E-state index >= 15 is 0 Å². The number of hydrogen-bond acceptors (Lipinski definition) is 4. The number of rotatable bonds is 8. The maximum absolute atomic E-state index is 6.02. The minimum Gasteiger partial charge on any atom is -0.489 e. The lowest BCUT2D eigenvalue weighted by molar-refractivity contribution is 0.154. The Hall–Kier alpha value is -1.59. The van der Waals surface area contributed by atoms with Crippen LogP contribution in [0.1, 0.15) is 23.5 Å². The Labute approximate surface area is 173 Å². The maximum atomic E-state index is 6.02. The molecule has 1 aliphatic heterocycles. The number of nitrogens with one attached hydrogen (secondary N) is 1. The van der Waals surface area contributed by atoms with Crippen molar-refractivity contribution in [2.75, 3.05) is 46.3 Å². The van der Waals surface area contributed by atoms with Crippen LogP contribution < -0.4 is 10.1 Å². The van der Waals surface area contributed by atoms with Crippen molar-refractivity contribution in [3.05, 3.63) is 64.7 Å². The van der Waals surface area contributed by atoms with Crippen LogP contribution in [0.2, 0.25) is 5.02 Å². The third kappa shape index (κ3) is 5.48. The van der Waals surface area contributed by atoms with Gasteiger partial charge < -0.3 is 15.0 Å². The summed E-state index contributed by atoms with van der Waals surface area (Å²) in [4.78, 5) is 4.97. The van der Waals surface area contributed by atoms with Gasteiger partial charge in [0.2, 0.25) is 0 Å². The Morgan fingerprint density at radius 2 is 1.86 bits per heavy atom. The molecule has 0 spiro atoms. The molecule has 5 heteroatoms. The summed E-state index contributed by atoms with van der Waals surface area (Å²) in [5.41, 5.74) is 2.50. The number of piperazine rings is 1. The van der Waals surface area contributed by atoms with Gasteiger partial charge in [0.15, 0.2) is 0 Å². The predicted octanol–water partition coefficient (Wildman–Crippen LogP) is 3.61. The third-order valence-electron chi connectivity index (χ3n) is 5.82. The molecule has 1 aliphatic carbocycles. The zero-order valence-corrected chi connectivity index (χ0v) is 17.4. The molecule has 0 amide bonds. The average Bonchev–Trinajstić information content (AvgIpc) is 3.48. The van der Waals surface area contributed by atoms with E-state index < -0.39 is 0 Å². The lowest BCUT2D eigenvalue weighted by atomic mass is 10.1. The normalized spacial score (nSPS) is 22.9. The number of benzene rings is 2. The fourth-order valence-electron chi connectivity index (χ4n) is 3.87. The van der Waals surface area contributed by atoms with Crippen molar-refractivity contribution in [1.29, 1.82) is 0 Å². The zero-order valence-electron chi connectivity index (χ0n) is 16.6. The molecule has 2 aliphatic rings. The molecule has 1 N–H and O–H groups in total. The van der Waals surface area contributed by atoms with Gasteiger partial charge in [0, 0.05) is 56.3 Å². The monoisotopic (exact) mass is 399 g/mol. The third-order valence-corrected chi connectivity index (χ3v) is 6.06. The second-order valence-electron chi connectivity index (χ2n) is 8.04. The molecule has 0 aromatic heterocycles. The first kappa shape index (κ1) is 19.7. The Morgan fingerprint density at radius 3 is 2.61 bits per heavy atom. The van der Waals surface area contributed by atoms with E-state index in [0.717, 1.165) is 29.4 Å². The van der Waals surface area contributed by atoms with Crippen molar-refractivity contribution < 1.29 is 4.74 Å². The number of ether oxygens (including phenoxy) is 1. The van der Waals surface area contributed by atoms with Crippen LogP contribution in [0.3, 0.4) is 0 Å². The number of halogens is 1. The van der Waals surface area contributed by atoms with Gasteiger partial charge in [-0.2, -0.15) is 0 Å². The quantitative estimate of drug-likeness (QED) is 0.733. The molecule has 2 aromatic carbocycles. The summed E-state index contributed by atoms with van der Waals surface area (Å²) in [6.07, 6.45) is 1.24. The molecule has 0 radical (unpaired) electrons. The fourth-order valence-corrected chi connectivity index (χ4v) is 4.09. The molecular weight excluding hydrogens is 370 g/mol. The van der Waals surface area contributed by atoms with Gasteiger partial charge in [-0.15, -0.1) is 0 Å². The Morgan fingerprint density at radius 1 is 1.07 bits per heavy atom. The standard InChI is InChI=1S/C23H30ClN3O/c1-26-11-13-27(14-12-26)10-9-25-23-16-22(23)19-5-7-21(8-6-19)28-17-18-3-2-4-20(24)15-18/h2-8,15,22-23,25H,9-14,16-17H2,1H3. The predicted molar refractivity (Wildman–Crippen MR) is 115 cm³/mol. The van der Waals surface area contributed by atoms with Gasteiger partial charge in [-0.05, 0) is 48.9 Å². The van der Waals surface area contributed by atoms with Crippen LogP contribution in [0.25, 0.3) is 0 Å². The molecule has 0 bridgehead atoms. The van der Waals surface area contributed by atoms with Crippen molar-refractivity contribution >= 4 is 11.6 Å². The van der Waals surface area contributed by atoms with Crippen LogP contribution in [-0.2, 0) is 6.61 Å². The molecular formula is C23H30ClN3O. The summed E-state index contributed by atoms with van der Waals surface area (Å²) in [6, 6.07) is 17.0. The molecule has 2 aromatic rings. The van der Waals surface area contributed by atoms with Gasteiger partial charge in [0.25, 0.3) is 0 Å². The van der Waals surface area contributed by atoms with E-state index in [1.807, 2.05) is 24.3 Å². The molecule has 1 saturated heterocycles. The van der Waals surface area contributed by atoms with Crippen LogP contribution in [0.5, 0.6) is 5.75 Å². The van der Waals surface area contributed by atoms with E-state index in [9.17, 15) is 0 Å². The Balaban J connectivity index is 1.17. The minimum atomic E-state index is 0.541. The van der Waals surface area contributed by atoms with E-state index in [1.165, 1.54) is 38.2 Å². The largest absolute Gasteiger partial charge is 0.489 e. The molecule has 2 fully saturated rings. The molecule has 28 heavy (non-hydrogen) atoms. The summed E-state index contributed by atoms with van der Waals surface area (Å²) in [7, 11) is 2.21. The van der Waals surface area contributed by atoms with Crippen molar-refractivity contribution in [3.8, 4) is 5.75 Å². The topological polar surface area (TPSA) is 27.7 Å². The Kier molecular flexibility index (Phi) is 6.53. The minimum absolute atomic E-state index is 0.541. The molecule has 150 valence electrons. The fraction of sp³-hybridized carbons (Fsp3) is 0.478. The van der Waals surface area contributed by atoms with E-state index in [4.69, 9.17) is 16.3 Å². The SMILES string of the molecule is CN1CCN(CCNC2CC2c2ccc(OCc3cccc(Cl)c3)cc2)CC1. The Bertz CT molecular complexity index is 759. The highest BCUT2D eigenvalue weighted by Crippen LogP contribution is 2.41. The second kappa shape index (κ2) is 9.27. The van der Waals surface area contributed by atoms with Gasteiger partial charge in [-0.3, -0.25) is 4.90 Å². The van der Waals surface area contributed by atoms with E-state index in [0.29, 0.717) is 18.6 Å². The number of hydrogen-bond donors (Lipinski definition) is 1. The lowest BCUT2D eigenvalue weighted by Crippen LogP contribution is -2.46. The van der Waals surface area contributed by atoms with Crippen LogP contribution in [0, 0.1) is 0 Å². The highest BCUT2D eigenvalue weighted by atomic mass is 35.5. The van der Waals surface area contributed by atoms with E-state index in [2.05, 4.69) is 46.4 Å². The zero-order chi connectivity index (χ0) is 19.3. The van der Waals surface area contributed by atoms with Crippen molar-refractivity contribution in [2.24, 2.45) is 0 Å². The smallest absolute Gasteiger partial charge is 0.119 e. The molecule has 4 rings (SSSR count). The van der Waals surface area contributed by atoms with Crippen LogP contribution >= 0.6 is 11.6 Å². The van der Waals surface area contributed by atoms with Crippen molar-refractivity contribution in [1.82, 2.24) is 15.1 Å². The maximum Gasteiger partial charge on any atom is 0.119 e.